The third kappa shape index (κ3) is 4.56. The monoisotopic (exact) mass is 372 g/mol. The lowest BCUT2D eigenvalue weighted by Crippen LogP contribution is -2.11. The van der Waals surface area contributed by atoms with Gasteiger partial charge in [-0.05, 0) is 35.4 Å². The summed E-state index contributed by atoms with van der Waals surface area (Å²) in [6.45, 7) is 0. The molecule has 1 aromatic heterocycles. The van der Waals surface area contributed by atoms with Crippen LogP contribution in [0, 0.1) is 0 Å². The number of nitrogens with zero attached hydrogens (tertiary/aromatic N) is 1. The predicted octanol–water partition coefficient (Wildman–Crippen LogP) is 2.53. The summed E-state index contributed by atoms with van der Waals surface area (Å²) in [4.78, 5) is 15.9. The summed E-state index contributed by atoms with van der Waals surface area (Å²) in [5, 5.41) is 5.09. The Morgan fingerprint density at radius 1 is 1.12 bits per heavy atom. The Morgan fingerprint density at radius 3 is 2.54 bits per heavy atom. The molecule has 8 heteroatoms. The van der Waals surface area contributed by atoms with Gasteiger partial charge >= 0.3 is 5.97 Å². The Hall–Kier alpha value is -2.97. The van der Waals surface area contributed by atoms with Crippen molar-refractivity contribution in [2.75, 3.05) is 0 Å². The minimum atomic E-state index is -3.73. The molecular formula is C18H16N2O5S. The van der Waals surface area contributed by atoms with Gasteiger partial charge in [0.05, 0.1) is 17.5 Å². The van der Waals surface area contributed by atoms with E-state index in [1.54, 1.807) is 30.3 Å². The molecule has 0 radical (unpaired) electrons. The molecule has 0 fully saturated rings. The molecule has 0 atom stereocenters. The Balaban J connectivity index is 1.68. The van der Waals surface area contributed by atoms with Crippen LogP contribution in [0.25, 0.3) is 11.1 Å². The highest BCUT2D eigenvalue weighted by molar-refractivity contribution is 7.89. The fourth-order valence-electron chi connectivity index (χ4n) is 2.34. The number of oxazole rings is 1. The first-order valence-corrected chi connectivity index (χ1v) is 9.29. The maximum Gasteiger partial charge on any atom is 0.311 e. The van der Waals surface area contributed by atoms with E-state index in [1.807, 2.05) is 6.07 Å². The lowest BCUT2D eigenvalue weighted by Gasteiger charge is -2.07. The highest BCUT2D eigenvalue weighted by Gasteiger charge is 2.10. The summed E-state index contributed by atoms with van der Waals surface area (Å²) in [5.41, 5.74) is 1.55. The van der Waals surface area contributed by atoms with Gasteiger partial charge in [0, 0.05) is 6.42 Å². The van der Waals surface area contributed by atoms with Crippen LogP contribution in [0.1, 0.15) is 12.3 Å². The molecule has 0 bridgehead atoms. The van der Waals surface area contributed by atoms with Gasteiger partial charge in [0.15, 0.2) is 5.89 Å². The van der Waals surface area contributed by atoms with Crippen LogP contribution < -0.4 is 9.88 Å². The molecule has 0 aliphatic rings. The van der Waals surface area contributed by atoms with Crippen molar-refractivity contribution >= 4 is 16.0 Å². The second-order valence-corrected chi connectivity index (χ2v) is 7.06. The average molecular weight is 372 g/mol. The third-order valence-corrected chi connectivity index (χ3v) is 4.54. The molecule has 0 unspecified atom stereocenters. The molecule has 0 spiro atoms. The Kier molecular flexibility index (Phi) is 5.15. The van der Waals surface area contributed by atoms with E-state index >= 15 is 0 Å². The molecular weight excluding hydrogens is 356 g/mol. The number of nitrogens with two attached hydrogens (primary N) is 1. The molecule has 0 aliphatic carbocycles. The van der Waals surface area contributed by atoms with E-state index in [-0.39, 0.29) is 11.3 Å². The smallest absolute Gasteiger partial charge is 0.311 e. The number of carbonyl (C=O) groups excluding carboxylic acids is 1. The van der Waals surface area contributed by atoms with Crippen molar-refractivity contribution in [1.29, 1.82) is 0 Å². The summed E-state index contributed by atoms with van der Waals surface area (Å²) in [6, 6.07) is 13.1. The number of aromatic nitrogens is 1. The number of ether oxygens (including phenoxy) is 1. The molecule has 134 valence electrons. The summed E-state index contributed by atoms with van der Waals surface area (Å²) in [5.74, 6) is 0.478. The van der Waals surface area contributed by atoms with Crippen LogP contribution in [-0.4, -0.2) is 19.4 Å². The lowest BCUT2D eigenvalue weighted by molar-refractivity contribution is -0.134. The predicted molar refractivity (Wildman–Crippen MR) is 93.7 cm³/mol. The molecule has 1 heterocycles. The van der Waals surface area contributed by atoms with Crippen LogP contribution in [0.2, 0.25) is 0 Å². The zero-order chi connectivity index (χ0) is 18.6. The fourth-order valence-corrected chi connectivity index (χ4v) is 2.86. The molecule has 26 heavy (non-hydrogen) atoms. The van der Waals surface area contributed by atoms with E-state index < -0.39 is 16.0 Å². The van der Waals surface area contributed by atoms with E-state index in [9.17, 15) is 13.2 Å². The SMILES string of the molecule is NS(=O)(=O)c1ccc(-c2cccc(OC(=O)CCc3ncco3)c2)cc1. The summed E-state index contributed by atoms with van der Waals surface area (Å²) in [6.07, 6.45) is 3.48. The normalized spacial score (nSPS) is 11.3. The summed E-state index contributed by atoms with van der Waals surface area (Å²) in [7, 11) is -3.73. The van der Waals surface area contributed by atoms with Crippen LogP contribution >= 0.6 is 0 Å². The molecule has 2 N–H and O–H groups in total. The molecule has 3 aromatic rings. The van der Waals surface area contributed by atoms with Crippen molar-refractivity contribution < 1.29 is 22.4 Å². The molecule has 0 saturated heterocycles. The topological polar surface area (TPSA) is 112 Å². The summed E-state index contributed by atoms with van der Waals surface area (Å²) >= 11 is 0. The second kappa shape index (κ2) is 7.51. The van der Waals surface area contributed by atoms with Crippen LogP contribution in [0.15, 0.2) is 70.3 Å². The number of carbonyl (C=O) groups is 1. The first kappa shape index (κ1) is 17.8. The van der Waals surface area contributed by atoms with Crippen molar-refractivity contribution in [2.45, 2.75) is 17.7 Å². The van der Waals surface area contributed by atoms with Gasteiger partial charge in [0.1, 0.15) is 12.0 Å². The number of hydrogen-bond acceptors (Lipinski definition) is 6. The average Bonchev–Trinajstić information content (AvgIpc) is 3.13. The number of aryl methyl sites for hydroxylation is 1. The van der Waals surface area contributed by atoms with Crippen LogP contribution in [0.3, 0.4) is 0 Å². The third-order valence-electron chi connectivity index (χ3n) is 3.61. The number of primary sulfonamides is 1. The highest BCUT2D eigenvalue weighted by atomic mass is 32.2. The minimum absolute atomic E-state index is 0.0374. The molecule has 0 aliphatic heterocycles. The highest BCUT2D eigenvalue weighted by Crippen LogP contribution is 2.25. The first-order chi connectivity index (χ1) is 12.4. The van der Waals surface area contributed by atoms with Crippen molar-refractivity contribution in [3.8, 4) is 16.9 Å². The van der Waals surface area contributed by atoms with Crippen LogP contribution in [0.4, 0.5) is 0 Å². The molecule has 2 aromatic carbocycles. The number of benzene rings is 2. The largest absolute Gasteiger partial charge is 0.449 e. The number of rotatable bonds is 6. The van der Waals surface area contributed by atoms with Gasteiger partial charge in [-0.3, -0.25) is 4.79 Å². The number of esters is 1. The number of hydrogen-bond donors (Lipinski definition) is 1. The van der Waals surface area contributed by atoms with E-state index in [0.717, 1.165) is 11.1 Å². The second-order valence-electron chi connectivity index (χ2n) is 5.50. The molecule has 0 amide bonds. The van der Waals surface area contributed by atoms with E-state index in [1.165, 1.54) is 24.6 Å². The van der Waals surface area contributed by atoms with Crippen molar-refractivity contribution in [1.82, 2.24) is 4.98 Å². The van der Waals surface area contributed by atoms with Gasteiger partial charge in [0.25, 0.3) is 0 Å². The van der Waals surface area contributed by atoms with Gasteiger partial charge in [-0.2, -0.15) is 0 Å². The van der Waals surface area contributed by atoms with Crippen LogP contribution in [0.5, 0.6) is 5.75 Å². The van der Waals surface area contributed by atoms with Crippen molar-refractivity contribution in [2.24, 2.45) is 5.14 Å². The van der Waals surface area contributed by atoms with Gasteiger partial charge in [0.2, 0.25) is 10.0 Å². The van der Waals surface area contributed by atoms with Crippen molar-refractivity contribution in [3.63, 3.8) is 0 Å². The molecule has 7 nitrogen and oxygen atoms in total. The maximum atomic E-state index is 11.9. The van der Waals surface area contributed by atoms with Gasteiger partial charge in [-0.15, -0.1) is 0 Å². The van der Waals surface area contributed by atoms with E-state index in [0.29, 0.717) is 18.1 Å². The molecule has 0 saturated carbocycles. The quantitative estimate of drug-likeness (QED) is 0.525. The minimum Gasteiger partial charge on any atom is -0.449 e. The number of sulfonamides is 1. The zero-order valence-corrected chi connectivity index (χ0v) is 14.5. The van der Waals surface area contributed by atoms with Crippen molar-refractivity contribution in [3.05, 3.63) is 66.9 Å². The van der Waals surface area contributed by atoms with Gasteiger partial charge in [-0.25, -0.2) is 18.5 Å². The zero-order valence-electron chi connectivity index (χ0n) is 13.7. The first-order valence-electron chi connectivity index (χ1n) is 7.74. The fraction of sp³-hybridized carbons (Fsp3) is 0.111. The van der Waals surface area contributed by atoms with Gasteiger partial charge < -0.3 is 9.15 Å². The molecule has 3 rings (SSSR count). The Bertz CT molecular complexity index is 996. The lowest BCUT2D eigenvalue weighted by atomic mass is 10.1. The van der Waals surface area contributed by atoms with E-state index in [2.05, 4.69) is 4.98 Å². The Labute approximate surface area is 150 Å². The van der Waals surface area contributed by atoms with Gasteiger partial charge in [-0.1, -0.05) is 24.3 Å². The Morgan fingerprint density at radius 2 is 1.88 bits per heavy atom. The maximum absolute atomic E-state index is 11.9. The van der Waals surface area contributed by atoms with E-state index in [4.69, 9.17) is 14.3 Å². The van der Waals surface area contributed by atoms with Crippen LogP contribution in [-0.2, 0) is 21.2 Å². The summed E-state index contributed by atoms with van der Waals surface area (Å²) < 4.78 is 33.0. The standard InChI is InChI=1S/C18H16N2O5S/c19-26(22,23)16-6-4-13(5-7-16)14-2-1-3-15(12-14)25-18(21)9-8-17-20-10-11-24-17/h1-7,10-12H,8-9H2,(H2,19,22,23).